The summed E-state index contributed by atoms with van der Waals surface area (Å²) in [6.07, 6.45) is 1.99. The van der Waals surface area contributed by atoms with Gasteiger partial charge in [0.1, 0.15) is 0 Å². The lowest BCUT2D eigenvalue weighted by Crippen LogP contribution is -2.02. The summed E-state index contributed by atoms with van der Waals surface area (Å²) in [6, 6.07) is 0. The van der Waals surface area contributed by atoms with Gasteiger partial charge in [0, 0.05) is 0 Å². The van der Waals surface area contributed by atoms with Gasteiger partial charge in [-0.25, -0.2) is 4.89 Å². The van der Waals surface area contributed by atoms with Gasteiger partial charge >= 0.3 is 0 Å². The Hall–Kier alpha value is -0.0800. The topological polar surface area (TPSA) is 29.5 Å². The maximum atomic E-state index is 7.97. The standard InChI is InChI=1S/C5H12O2/c1-3-4-5(2)7-6/h5-6H,3-4H2,1-2H3. The molecule has 0 aromatic carbocycles. The van der Waals surface area contributed by atoms with Crippen molar-refractivity contribution >= 4 is 0 Å². The second-order valence-corrected chi connectivity index (χ2v) is 1.70. The van der Waals surface area contributed by atoms with Gasteiger partial charge in [0.25, 0.3) is 0 Å². The molecule has 0 aliphatic carbocycles. The summed E-state index contributed by atoms with van der Waals surface area (Å²) >= 11 is 0. The molecule has 0 aliphatic heterocycles. The summed E-state index contributed by atoms with van der Waals surface area (Å²) in [7, 11) is 0. The Labute approximate surface area is 44.0 Å². The zero-order chi connectivity index (χ0) is 5.70. The van der Waals surface area contributed by atoms with Crippen molar-refractivity contribution in [2.75, 3.05) is 0 Å². The average molecular weight is 104 g/mol. The van der Waals surface area contributed by atoms with Gasteiger partial charge in [-0.05, 0) is 13.3 Å². The molecule has 0 aromatic heterocycles. The molecule has 0 aromatic rings. The van der Waals surface area contributed by atoms with Gasteiger partial charge in [0.2, 0.25) is 0 Å². The Morgan fingerprint density at radius 2 is 2.29 bits per heavy atom. The Morgan fingerprint density at radius 3 is 2.43 bits per heavy atom. The summed E-state index contributed by atoms with van der Waals surface area (Å²) in [5.41, 5.74) is 0. The molecule has 0 fully saturated rings. The number of hydrogen-bond donors (Lipinski definition) is 1. The summed E-state index contributed by atoms with van der Waals surface area (Å²) in [4.78, 5) is 3.99. The SMILES string of the molecule is CCCC(C)OO. The highest BCUT2D eigenvalue weighted by Gasteiger charge is 1.95. The first-order valence-electron chi connectivity index (χ1n) is 2.61. The summed E-state index contributed by atoms with van der Waals surface area (Å²) in [6.45, 7) is 3.89. The van der Waals surface area contributed by atoms with Crippen LogP contribution in [0.5, 0.6) is 0 Å². The molecule has 0 aliphatic rings. The van der Waals surface area contributed by atoms with Crippen molar-refractivity contribution in [3.63, 3.8) is 0 Å². The Kier molecular flexibility index (Phi) is 4.04. The van der Waals surface area contributed by atoms with Gasteiger partial charge in [-0.1, -0.05) is 13.3 Å². The highest BCUT2D eigenvalue weighted by atomic mass is 17.1. The van der Waals surface area contributed by atoms with E-state index < -0.39 is 0 Å². The van der Waals surface area contributed by atoms with Crippen LogP contribution in [0, 0.1) is 0 Å². The normalized spacial score (nSPS) is 14.1. The van der Waals surface area contributed by atoms with Crippen molar-refractivity contribution < 1.29 is 10.1 Å². The predicted molar refractivity (Wildman–Crippen MR) is 28.1 cm³/mol. The zero-order valence-electron chi connectivity index (χ0n) is 4.85. The molecule has 0 saturated carbocycles. The highest BCUT2D eigenvalue weighted by Crippen LogP contribution is 1.96. The van der Waals surface area contributed by atoms with Gasteiger partial charge in [0.15, 0.2) is 0 Å². The van der Waals surface area contributed by atoms with Crippen LogP contribution >= 0.6 is 0 Å². The average Bonchev–Trinajstić information content (AvgIpc) is 1.68. The first kappa shape index (κ1) is 6.92. The second-order valence-electron chi connectivity index (χ2n) is 1.70. The lowest BCUT2D eigenvalue weighted by Gasteiger charge is -2.01. The van der Waals surface area contributed by atoms with Crippen LogP contribution in [-0.4, -0.2) is 11.4 Å². The van der Waals surface area contributed by atoms with Crippen LogP contribution in [0.15, 0.2) is 0 Å². The van der Waals surface area contributed by atoms with Crippen molar-refractivity contribution in [1.82, 2.24) is 0 Å². The monoisotopic (exact) mass is 104 g/mol. The van der Waals surface area contributed by atoms with Crippen LogP contribution in [0.4, 0.5) is 0 Å². The molecule has 0 spiro atoms. The van der Waals surface area contributed by atoms with Gasteiger partial charge in [-0.3, -0.25) is 5.26 Å². The first-order chi connectivity index (χ1) is 3.31. The van der Waals surface area contributed by atoms with Crippen LogP contribution < -0.4 is 0 Å². The first-order valence-corrected chi connectivity index (χ1v) is 2.61. The smallest absolute Gasteiger partial charge is 0.0899 e. The fourth-order valence-corrected chi connectivity index (χ4v) is 0.459. The molecular weight excluding hydrogens is 92.1 g/mol. The minimum absolute atomic E-state index is 0.00463. The Bertz CT molecular complexity index is 37.1. The van der Waals surface area contributed by atoms with Gasteiger partial charge in [0.05, 0.1) is 6.10 Å². The molecule has 0 radical (unpaired) electrons. The third kappa shape index (κ3) is 3.76. The molecule has 2 nitrogen and oxygen atoms in total. The van der Waals surface area contributed by atoms with Crippen LogP contribution in [0.2, 0.25) is 0 Å². The fraction of sp³-hybridized carbons (Fsp3) is 1.00. The molecule has 7 heavy (non-hydrogen) atoms. The van der Waals surface area contributed by atoms with Crippen molar-refractivity contribution in [2.45, 2.75) is 32.8 Å². The molecule has 0 rings (SSSR count). The number of rotatable bonds is 3. The lowest BCUT2D eigenvalue weighted by molar-refractivity contribution is -0.274. The Balaban J connectivity index is 2.83. The van der Waals surface area contributed by atoms with E-state index in [1.807, 2.05) is 6.92 Å². The summed E-state index contributed by atoms with van der Waals surface area (Å²) in [5, 5.41) is 7.97. The van der Waals surface area contributed by atoms with E-state index in [-0.39, 0.29) is 6.10 Å². The molecule has 1 unspecified atom stereocenters. The fourth-order valence-electron chi connectivity index (χ4n) is 0.459. The van der Waals surface area contributed by atoms with E-state index in [9.17, 15) is 0 Å². The van der Waals surface area contributed by atoms with E-state index in [2.05, 4.69) is 11.8 Å². The molecule has 1 atom stereocenters. The zero-order valence-corrected chi connectivity index (χ0v) is 4.85. The molecule has 44 valence electrons. The third-order valence-corrected chi connectivity index (χ3v) is 0.875. The van der Waals surface area contributed by atoms with Gasteiger partial charge in [-0.2, -0.15) is 0 Å². The van der Waals surface area contributed by atoms with E-state index in [4.69, 9.17) is 5.26 Å². The van der Waals surface area contributed by atoms with Crippen LogP contribution in [-0.2, 0) is 4.89 Å². The van der Waals surface area contributed by atoms with Crippen molar-refractivity contribution in [2.24, 2.45) is 0 Å². The molecule has 0 heterocycles. The molecule has 1 N–H and O–H groups in total. The van der Waals surface area contributed by atoms with E-state index >= 15 is 0 Å². The predicted octanol–water partition coefficient (Wildman–Crippen LogP) is 1.66. The highest BCUT2D eigenvalue weighted by molar-refractivity contribution is 4.42. The molecule has 0 amide bonds. The van der Waals surface area contributed by atoms with E-state index in [1.165, 1.54) is 0 Å². The van der Waals surface area contributed by atoms with Crippen LogP contribution in [0.3, 0.4) is 0 Å². The van der Waals surface area contributed by atoms with Gasteiger partial charge < -0.3 is 0 Å². The largest absolute Gasteiger partial charge is 0.252 e. The maximum Gasteiger partial charge on any atom is 0.0899 e. The van der Waals surface area contributed by atoms with Crippen molar-refractivity contribution in [3.8, 4) is 0 Å². The minimum atomic E-state index is 0.00463. The Morgan fingerprint density at radius 1 is 1.71 bits per heavy atom. The molecule has 2 heteroatoms. The van der Waals surface area contributed by atoms with E-state index in [1.54, 1.807) is 0 Å². The number of hydrogen-bond acceptors (Lipinski definition) is 2. The third-order valence-electron chi connectivity index (χ3n) is 0.875. The summed E-state index contributed by atoms with van der Waals surface area (Å²) in [5.74, 6) is 0. The molecular formula is C5H12O2. The van der Waals surface area contributed by atoms with E-state index in [0.29, 0.717) is 0 Å². The summed E-state index contributed by atoms with van der Waals surface area (Å²) < 4.78 is 0. The van der Waals surface area contributed by atoms with Crippen LogP contribution in [0.1, 0.15) is 26.7 Å². The van der Waals surface area contributed by atoms with E-state index in [0.717, 1.165) is 12.8 Å². The maximum absolute atomic E-state index is 7.97. The second kappa shape index (κ2) is 4.09. The lowest BCUT2D eigenvalue weighted by atomic mass is 10.2. The van der Waals surface area contributed by atoms with Crippen LogP contribution in [0.25, 0.3) is 0 Å². The van der Waals surface area contributed by atoms with Gasteiger partial charge in [-0.15, -0.1) is 0 Å². The van der Waals surface area contributed by atoms with Crippen molar-refractivity contribution in [3.05, 3.63) is 0 Å². The molecule has 0 bridgehead atoms. The minimum Gasteiger partial charge on any atom is -0.252 e. The quantitative estimate of drug-likeness (QED) is 0.436. The van der Waals surface area contributed by atoms with Crippen molar-refractivity contribution in [1.29, 1.82) is 0 Å². The molecule has 0 saturated heterocycles.